The molecular weight excluding hydrogens is 286 g/mol. The van der Waals surface area contributed by atoms with E-state index in [0.29, 0.717) is 6.54 Å². The van der Waals surface area contributed by atoms with E-state index in [9.17, 15) is 0 Å². The summed E-state index contributed by atoms with van der Waals surface area (Å²) in [6, 6.07) is 10.3. The summed E-state index contributed by atoms with van der Waals surface area (Å²) in [4.78, 5) is 4.65. The number of nitrogens with one attached hydrogen (secondary N) is 2. The molecule has 5 heteroatoms. The van der Waals surface area contributed by atoms with Gasteiger partial charge in [-0.3, -0.25) is 0 Å². The fraction of sp³-hybridized carbons (Fsp3) is 0.444. The zero-order valence-corrected chi connectivity index (χ0v) is 14.1. The maximum atomic E-state index is 4.65. The molecule has 0 spiro atoms. The minimum absolute atomic E-state index is 0.669. The number of aromatic nitrogens is 2. The van der Waals surface area contributed by atoms with Crippen LogP contribution in [0.25, 0.3) is 5.69 Å². The van der Waals surface area contributed by atoms with Gasteiger partial charge in [0, 0.05) is 25.5 Å². The molecule has 1 aromatic heterocycles. The van der Waals surface area contributed by atoms with E-state index in [4.69, 9.17) is 0 Å². The van der Waals surface area contributed by atoms with Crippen molar-refractivity contribution in [1.29, 1.82) is 0 Å². The van der Waals surface area contributed by atoms with Crippen LogP contribution in [0.15, 0.2) is 47.7 Å². The van der Waals surface area contributed by atoms with Crippen LogP contribution in [0.4, 0.5) is 0 Å². The molecule has 0 saturated carbocycles. The van der Waals surface area contributed by atoms with Gasteiger partial charge in [0.15, 0.2) is 5.96 Å². The molecule has 2 N–H and O–H groups in total. The van der Waals surface area contributed by atoms with Crippen LogP contribution in [0.5, 0.6) is 0 Å². The van der Waals surface area contributed by atoms with Crippen LogP contribution in [0.1, 0.15) is 38.7 Å². The monoisotopic (exact) mass is 313 g/mol. The average Bonchev–Trinajstić information content (AvgIpc) is 3.11. The average molecular weight is 313 g/mol. The first kappa shape index (κ1) is 17.1. The third kappa shape index (κ3) is 5.77. The highest BCUT2D eigenvalue weighted by atomic mass is 15.3. The van der Waals surface area contributed by atoms with Gasteiger partial charge < -0.3 is 10.6 Å². The number of nitrogens with zero attached hydrogens (tertiary/aromatic N) is 3. The third-order valence-corrected chi connectivity index (χ3v) is 3.54. The summed E-state index contributed by atoms with van der Waals surface area (Å²) in [7, 11) is 0. The second-order valence-corrected chi connectivity index (χ2v) is 5.45. The second-order valence-electron chi connectivity index (χ2n) is 5.45. The molecule has 1 heterocycles. The lowest BCUT2D eigenvalue weighted by Crippen LogP contribution is -2.37. The predicted octanol–water partition coefficient (Wildman–Crippen LogP) is 3.12. The quantitative estimate of drug-likeness (QED) is 0.447. The fourth-order valence-electron chi connectivity index (χ4n) is 2.27. The lowest BCUT2D eigenvalue weighted by atomic mass is 10.2. The van der Waals surface area contributed by atoms with Crippen LogP contribution in [0.2, 0.25) is 0 Å². The zero-order valence-electron chi connectivity index (χ0n) is 14.1. The number of aliphatic imine (C=N–C) groups is 1. The van der Waals surface area contributed by atoms with Gasteiger partial charge in [0.1, 0.15) is 0 Å². The molecule has 0 saturated heterocycles. The van der Waals surface area contributed by atoms with E-state index >= 15 is 0 Å². The van der Waals surface area contributed by atoms with Gasteiger partial charge in [-0.25, -0.2) is 9.67 Å². The smallest absolute Gasteiger partial charge is 0.191 e. The Balaban J connectivity index is 1.90. The largest absolute Gasteiger partial charge is 0.357 e. The van der Waals surface area contributed by atoms with Crippen LogP contribution in [0.3, 0.4) is 0 Å². The Hall–Kier alpha value is -2.30. The Bertz CT molecular complexity index is 572. The predicted molar refractivity (Wildman–Crippen MR) is 95.9 cm³/mol. The van der Waals surface area contributed by atoms with Gasteiger partial charge in [0.05, 0.1) is 12.2 Å². The van der Waals surface area contributed by atoms with Crippen molar-refractivity contribution in [2.75, 3.05) is 13.1 Å². The van der Waals surface area contributed by atoms with Crippen LogP contribution in [-0.2, 0) is 6.54 Å². The summed E-state index contributed by atoms with van der Waals surface area (Å²) >= 11 is 0. The summed E-state index contributed by atoms with van der Waals surface area (Å²) < 4.78 is 1.85. The minimum atomic E-state index is 0.669. The molecule has 0 unspecified atom stereocenters. The molecule has 2 aromatic rings. The molecular formula is C18H27N5. The van der Waals surface area contributed by atoms with Crippen LogP contribution >= 0.6 is 0 Å². The van der Waals surface area contributed by atoms with Gasteiger partial charge in [-0.2, -0.15) is 5.10 Å². The van der Waals surface area contributed by atoms with Crippen molar-refractivity contribution in [3.05, 3.63) is 48.3 Å². The zero-order chi connectivity index (χ0) is 16.3. The number of hydrogen-bond acceptors (Lipinski definition) is 2. The van der Waals surface area contributed by atoms with Crippen LogP contribution in [0, 0.1) is 0 Å². The van der Waals surface area contributed by atoms with Gasteiger partial charge in [-0.1, -0.05) is 31.9 Å². The van der Waals surface area contributed by atoms with E-state index in [1.165, 1.54) is 24.8 Å². The first-order valence-corrected chi connectivity index (χ1v) is 8.44. The Kier molecular flexibility index (Phi) is 7.17. The van der Waals surface area contributed by atoms with Gasteiger partial charge in [0.25, 0.3) is 0 Å². The topological polar surface area (TPSA) is 54.2 Å². The normalized spacial score (nSPS) is 11.5. The molecule has 1 aromatic carbocycles. The van der Waals surface area contributed by atoms with Crippen molar-refractivity contribution in [1.82, 2.24) is 20.4 Å². The molecule has 5 nitrogen and oxygen atoms in total. The van der Waals surface area contributed by atoms with Gasteiger partial charge >= 0.3 is 0 Å². The number of rotatable bonds is 8. The molecule has 0 atom stereocenters. The molecule has 0 amide bonds. The summed E-state index contributed by atoms with van der Waals surface area (Å²) in [6.45, 7) is 6.81. The van der Waals surface area contributed by atoms with Crippen LogP contribution in [-0.4, -0.2) is 28.8 Å². The number of guanidine groups is 1. The Morgan fingerprint density at radius 3 is 2.61 bits per heavy atom. The summed E-state index contributed by atoms with van der Waals surface area (Å²) in [5, 5.41) is 10.9. The third-order valence-electron chi connectivity index (χ3n) is 3.54. The van der Waals surface area contributed by atoms with Gasteiger partial charge in [-0.15, -0.1) is 0 Å². The highest BCUT2D eigenvalue weighted by molar-refractivity contribution is 5.79. The molecule has 0 fully saturated rings. The van der Waals surface area contributed by atoms with Gasteiger partial charge in [0.2, 0.25) is 0 Å². The van der Waals surface area contributed by atoms with Crippen molar-refractivity contribution >= 4 is 5.96 Å². The molecule has 0 aliphatic carbocycles. The van der Waals surface area contributed by atoms with E-state index in [0.717, 1.165) is 24.7 Å². The fourth-order valence-corrected chi connectivity index (χ4v) is 2.27. The van der Waals surface area contributed by atoms with Crippen molar-refractivity contribution in [2.45, 2.75) is 39.7 Å². The lowest BCUT2D eigenvalue weighted by Gasteiger charge is -2.11. The summed E-state index contributed by atoms with van der Waals surface area (Å²) in [5.41, 5.74) is 2.25. The highest BCUT2D eigenvalue weighted by Crippen LogP contribution is 2.09. The lowest BCUT2D eigenvalue weighted by molar-refractivity contribution is 0.683. The molecule has 0 radical (unpaired) electrons. The molecule has 0 aliphatic rings. The Morgan fingerprint density at radius 1 is 1.13 bits per heavy atom. The van der Waals surface area contributed by atoms with Crippen molar-refractivity contribution in [2.24, 2.45) is 4.99 Å². The SMILES string of the molecule is CCCCCNC(=NCc1ccc(-n2cccn2)cc1)NCC. The molecule has 124 valence electrons. The number of hydrogen-bond donors (Lipinski definition) is 2. The Morgan fingerprint density at radius 2 is 1.96 bits per heavy atom. The van der Waals surface area contributed by atoms with Crippen molar-refractivity contribution in [3.8, 4) is 5.69 Å². The van der Waals surface area contributed by atoms with E-state index in [2.05, 4.69) is 58.8 Å². The maximum Gasteiger partial charge on any atom is 0.191 e. The van der Waals surface area contributed by atoms with Crippen LogP contribution < -0.4 is 10.6 Å². The Labute approximate surface area is 138 Å². The molecule has 0 bridgehead atoms. The maximum absolute atomic E-state index is 4.65. The summed E-state index contributed by atoms with van der Waals surface area (Å²) in [6.07, 6.45) is 7.39. The van der Waals surface area contributed by atoms with Crippen molar-refractivity contribution < 1.29 is 0 Å². The first-order valence-electron chi connectivity index (χ1n) is 8.44. The standard InChI is InChI=1S/C18H27N5/c1-3-5-6-12-20-18(19-4-2)21-15-16-8-10-17(11-9-16)23-14-7-13-22-23/h7-11,13-14H,3-6,12,15H2,1-2H3,(H2,19,20,21). The first-order chi connectivity index (χ1) is 11.3. The minimum Gasteiger partial charge on any atom is -0.357 e. The van der Waals surface area contributed by atoms with Crippen molar-refractivity contribution in [3.63, 3.8) is 0 Å². The van der Waals surface area contributed by atoms with E-state index in [1.54, 1.807) is 6.20 Å². The molecule has 23 heavy (non-hydrogen) atoms. The number of unbranched alkanes of at least 4 members (excludes halogenated alkanes) is 2. The molecule has 2 rings (SSSR count). The summed E-state index contributed by atoms with van der Waals surface area (Å²) in [5.74, 6) is 0.889. The second kappa shape index (κ2) is 9.66. The van der Waals surface area contributed by atoms with E-state index in [-0.39, 0.29) is 0 Å². The van der Waals surface area contributed by atoms with E-state index in [1.807, 2.05) is 16.9 Å². The molecule has 0 aliphatic heterocycles. The van der Waals surface area contributed by atoms with E-state index < -0.39 is 0 Å². The van der Waals surface area contributed by atoms with Gasteiger partial charge in [-0.05, 0) is 37.1 Å². The highest BCUT2D eigenvalue weighted by Gasteiger charge is 1.99. The number of benzene rings is 1.